The molecule has 0 aromatic carbocycles. The van der Waals surface area contributed by atoms with Crippen LogP contribution >= 0.6 is 0 Å². The average molecular weight is 194 g/mol. The molecule has 1 fully saturated rings. The van der Waals surface area contributed by atoms with Crippen molar-refractivity contribution in [3.05, 3.63) is 17.0 Å². The van der Waals surface area contributed by atoms with E-state index in [1.807, 2.05) is 13.8 Å². The van der Waals surface area contributed by atoms with Gasteiger partial charge in [0.2, 0.25) is 0 Å². The topological polar surface area (TPSA) is 38.1 Å². The molecule has 0 saturated carbocycles. The predicted octanol–water partition coefficient (Wildman–Crippen LogP) is 1.83. The van der Waals surface area contributed by atoms with E-state index in [1.165, 1.54) is 31.5 Å². The molecule has 3 heteroatoms. The Morgan fingerprint density at radius 1 is 1.50 bits per heavy atom. The zero-order chi connectivity index (χ0) is 9.97. The van der Waals surface area contributed by atoms with Gasteiger partial charge in [0, 0.05) is 5.56 Å². The molecule has 0 bridgehead atoms. The van der Waals surface area contributed by atoms with E-state index < -0.39 is 0 Å². The van der Waals surface area contributed by atoms with Crippen molar-refractivity contribution in [2.75, 3.05) is 13.1 Å². The number of aromatic nitrogens is 1. The fraction of sp³-hybridized carbons (Fsp3) is 0.727. The van der Waals surface area contributed by atoms with E-state index >= 15 is 0 Å². The van der Waals surface area contributed by atoms with E-state index in [0.29, 0.717) is 0 Å². The second-order valence-corrected chi connectivity index (χ2v) is 4.20. The minimum Gasteiger partial charge on any atom is -0.361 e. The van der Waals surface area contributed by atoms with Gasteiger partial charge in [0.15, 0.2) is 0 Å². The lowest BCUT2D eigenvalue weighted by molar-refractivity contribution is 0.391. The summed E-state index contributed by atoms with van der Waals surface area (Å²) in [5.74, 6) is 1.84. The van der Waals surface area contributed by atoms with Crippen LogP contribution in [-0.2, 0) is 6.42 Å². The summed E-state index contributed by atoms with van der Waals surface area (Å²) in [6, 6.07) is 0. The first-order chi connectivity index (χ1) is 6.77. The monoisotopic (exact) mass is 194 g/mol. The molecular formula is C11H18N2O. The molecule has 1 aromatic heterocycles. The summed E-state index contributed by atoms with van der Waals surface area (Å²) < 4.78 is 5.14. The van der Waals surface area contributed by atoms with E-state index in [9.17, 15) is 0 Å². The first-order valence-electron chi connectivity index (χ1n) is 5.40. The van der Waals surface area contributed by atoms with E-state index in [-0.39, 0.29) is 0 Å². The van der Waals surface area contributed by atoms with Crippen molar-refractivity contribution in [3.63, 3.8) is 0 Å². The third kappa shape index (κ3) is 1.98. The molecule has 2 rings (SSSR count). The van der Waals surface area contributed by atoms with E-state index in [4.69, 9.17) is 4.52 Å². The summed E-state index contributed by atoms with van der Waals surface area (Å²) in [4.78, 5) is 0. The Hall–Kier alpha value is -0.830. The van der Waals surface area contributed by atoms with Crippen LogP contribution in [0.4, 0.5) is 0 Å². The number of rotatable bonds is 3. The second-order valence-electron chi connectivity index (χ2n) is 4.20. The normalized spacial score (nSPS) is 21.7. The molecule has 1 unspecified atom stereocenters. The van der Waals surface area contributed by atoms with Gasteiger partial charge in [-0.05, 0) is 52.1 Å². The van der Waals surface area contributed by atoms with Crippen molar-refractivity contribution in [1.82, 2.24) is 10.5 Å². The van der Waals surface area contributed by atoms with Gasteiger partial charge in [0.05, 0.1) is 5.69 Å². The molecule has 3 nitrogen and oxygen atoms in total. The maximum Gasteiger partial charge on any atom is 0.137 e. The Morgan fingerprint density at radius 3 is 2.93 bits per heavy atom. The van der Waals surface area contributed by atoms with Crippen LogP contribution in [0.15, 0.2) is 4.52 Å². The Balaban J connectivity index is 1.90. The van der Waals surface area contributed by atoms with Crippen molar-refractivity contribution in [1.29, 1.82) is 0 Å². The van der Waals surface area contributed by atoms with Gasteiger partial charge < -0.3 is 9.84 Å². The molecule has 1 aliphatic heterocycles. The quantitative estimate of drug-likeness (QED) is 0.797. The summed E-state index contributed by atoms with van der Waals surface area (Å²) in [6.07, 6.45) is 3.70. The first-order valence-corrected chi connectivity index (χ1v) is 5.40. The zero-order valence-corrected chi connectivity index (χ0v) is 8.97. The Labute approximate surface area is 84.9 Å². The summed E-state index contributed by atoms with van der Waals surface area (Å²) in [6.45, 7) is 6.40. The maximum absolute atomic E-state index is 5.14. The fourth-order valence-corrected chi connectivity index (χ4v) is 2.17. The molecular weight excluding hydrogens is 176 g/mol. The zero-order valence-electron chi connectivity index (χ0n) is 8.97. The highest BCUT2D eigenvalue weighted by atomic mass is 16.5. The van der Waals surface area contributed by atoms with Crippen LogP contribution in [0.5, 0.6) is 0 Å². The van der Waals surface area contributed by atoms with Crippen LogP contribution in [0.25, 0.3) is 0 Å². The van der Waals surface area contributed by atoms with Gasteiger partial charge in [-0.15, -0.1) is 0 Å². The minimum absolute atomic E-state index is 0.851. The molecule has 78 valence electrons. The second kappa shape index (κ2) is 4.13. The third-order valence-electron chi connectivity index (χ3n) is 3.15. The number of nitrogens with zero attached hydrogens (tertiary/aromatic N) is 1. The molecule has 1 saturated heterocycles. The molecule has 1 aliphatic rings. The summed E-state index contributed by atoms with van der Waals surface area (Å²) in [7, 11) is 0. The molecule has 0 spiro atoms. The van der Waals surface area contributed by atoms with E-state index in [2.05, 4.69) is 10.5 Å². The highest BCUT2D eigenvalue weighted by molar-refractivity contribution is 5.20. The Bertz CT molecular complexity index is 281. The smallest absolute Gasteiger partial charge is 0.137 e. The molecule has 1 aromatic rings. The summed E-state index contributed by atoms with van der Waals surface area (Å²) in [5, 5.41) is 7.36. The van der Waals surface area contributed by atoms with Crippen LogP contribution in [0.2, 0.25) is 0 Å². The lowest BCUT2D eigenvalue weighted by Gasteiger charge is -2.06. The summed E-state index contributed by atoms with van der Waals surface area (Å²) in [5.41, 5.74) is 2.38. The van der Waals surface area contributed by atoms with Crippen molar-refractivity contribution >= 4 is 0 Å². The molecule has 1 atom stereocenters. The number of hydrogen-bond donors (Lipinski definition) is 1. The standard InChI is InChI=1S/C11H18N2O/c1-8-11(9(2)14-13-8)4-3-10-5-6-12-7-10/h10,12H,3-7H2,1-2H3. The predicted molar refractivity (Wildman–Crippen MR) is 55.3 cm³/mol. The summed E-state index contributed by atoms with van der Waals surface area (Å²) >= 11 is 0. The molecule has 1 N–H and O–H groups in total. The largest absolute Gasteiger partial charge is 0.361 e. The maximum atomic E-state index is 5.14. The number of nitrogens with one attached hydrogen (secondary N) is 1. The highest BCUT2D eigenvalue weighted by Crippen LogP contribution is 2.19. The van der Waals surface area contributed by atoms with Gasteiger partial charge >= 0.3 is 0 Å². The Morgan fingerprint density at radius 2 is 2.36 bits per heavy atom. The van der Waals surface area contributed by atoms with E-state index in [0.717, 1.165) is 23.8 Å². The molecule has 0 radical (unpaired) electrons. The Kier molecular flexibility index (Phi) is 2.87. The lowest BCUT2D eigenvalue weighted by Crippen LogP contribution is -2.09. The van der Waals surface area contributed by atoms with Crippen molar-refractivity contribution in [2.45, 2.75) is 33.1 Å². The molecule has 0 amide bonds. The third-order valence-corrected chi connectivity index (χ3v) is 3.15. The molecule has 0 aliphatic carbocycles. The number of aryl methyl sites for hydroxylation is 2. The van der Waals surface area contributed by atoms with Crippen molar-refractivity contribution in [2.24, 2.45) is 5.92 Å². The van der Waals surface area contributed by atoms with Gasteiger partial charge in [0.1, 0.15) is 5.76 Å². The fourth-order valence-electron chi connectivity index (χ4n) is 2.17. The van der Waals surface area contributed by atoms with Gasteiger partial charge in [-0.2, -0.15) is 0 Å². The van der Waals surface area contributed by atoms with Crippen LogP contribution in [0, 0.1) is 19.8 Å². The van der Waals surface area contributed by atoms with Gasteiger partial charge in [-0.1, -0.05) is 5.16 Å². The number of hydrogen-bond acceptors (Lipinski definition) is 3. The SMILES string of the molecule is Cc1noc(C)c1CCC1CCNC1. The van der Waals surface area contributed by atoms with Crippen LogP contribution < -0.4 is 5.32 Å². The van der Waals surface area contributed by atoms with Gasteiger partial charge in [-0.25, -0.2) is 0 Å². The first kappa shape index (κ1) is 9.71. The molecule has 2 heterocycles. The molecule has 14 heavy (non-hydrogen) atoms. The lowest BCUT2D eigenvalue weighted by atomic mass is 9.98. The van der Waals surface area contributed by atoms with Gasteiger partial charge in [0.25, 0.3) is 0 Å². The van der Waals surface area contributed by atoms with Crippen LogP contribution in [0.3, 0.4) is 0 Å². The van der Waals surface area contributed by atoms with Crippen LogP contribution in [0.1, 0.15) is 29.9 Å². The minimum atomic E-state index is 0.851. The van der Waals surface area contributed by atoms with Crippen molar-refractivity contribution in [3.8, 4) is 0 Å². The van der Waals surface area contributed by atoms with Gasteiger partial charge in [-0.3, -0.25) is 0 Å². The average Bonchev–Trinajstić information content (AvgIpc) is 2.76. The van der Waals surface area contributed by atoms with Crippen LogP contribution in [-0.4, -0.2) is 18.2 Å². The highest BCUT2D eigenvalue weighted by Gasteiger charge is 2.16. The van der Waals surface area contributed by atoms with E-state index in [1.54, 1.807) is 0 Å². The van der Waals surface area contributed by atoms with Crippen molar-refractivity contribution < 1.29 is 4.52 Å².